The lowest BCUT2D eigenvalue weighted by Crippen LogP contribution is -2.44. The number of hydrogen-bond donors (Lipinski definition) is 1. The molecule has 0 spiro atoms. The van der Waals surface area contributed by atoms with Crippen LogP contribution in [0.15, 0.2) is 85.5 Å². The zero-order valence-corrected chi connectivity index (χ0v) is 33.8. The molecule has 300 valence electrons. The van der Waals surface area contributed by atoms with Crippen molar-refractivity contribution in [2.75, 3.05) is 19.0 Å². The monoisotopic (exact) mass is 798 g/mol. The minimum atomic E-state index is -2.27. The molecular formula is C40H46N6O10Si. The Morgan fingerprint density at radius 1 is 1.04 bits per heavy atom. The van der Waals surface area contributed by atoms with E-state index in [0.717, 1.165) is 5.56 Å². The Labute approximate surface area is 330 Å². The van der Waals surface area contributed by atoms with Gasteiger partial charge < -0.3 is 33.4 Å². The number of anilines is 1. The first-order valence-corrected chi connectivity index (χ1v) is 21.3. The van der Waals surface area contributed by atoms with Crippen LogP contribution in [0.4, 0.5) is 16.3 Å². The number of benzene rings is 3. The highest BCUT2D eigenvalue weighted by molar-refractivity contribution is 6.74. The fourth-order valence-electron chi connectivity index (χ4n) is 5.99. The summed E-state index contributed by atoms with van der Waals surface area (Å²) in [6, 6.07) is 20.7. The van der Waals surface area contributed by atoms with Crippen LogP contribution < -0.4 is 14.8 Å². The predicted molar refractivity (Wildman–Crippen MR) is 212 cm³/mol. The average Bonchev–Trinajstić information content (AvgIpc) is 3.80. The molecule has 0 unspecified atom stereocenters. The summed E-state index contributed by atoms with van der Waals surface area (Å²) in [6.45, 7) is 12.3. The van der Waals surface area contributed by atoms with E-state index in [1.807, 2.05) is 36.4 Å². The topological polar surface area (TPSA) is 188 Å². The molecule has 17 heteroatoms. The van der Waals surface area contributed by atoms with E-state index in [0.29, 0.717) is 16.7 Å². The van der Waals surface area contributed by atoms with Crippen LogP contribution in [0.3, 0.4) is 0 Å². The van der Waals surface area contributed by atoms with Crippen LogP contribution in [0.5, 0.6) is 11.5 Å². The number of nitro benzene ring substituents is 1. The molecule has 1 saturated heterocycles. The van der Waals surface area contributed by atoms with Crippen LogP contribution in [0.25, 0.3) is 11.2 Å². The van der Waals surface area contributed by atoms with E-state index in [2.05, 4.69) is 54.1 Å². The molecule has 5 aromatic rings. The van der Waals surface area contributed by atoms with E-state index in [9.17, 15) is 19.7 Å². The van der Waals surface area contributed by atoms with Crippen LogP contribution >= 0.6 is 0 Å². The summed E-state index contributed by atoms with van der Waals surface area (Å²) in [6.07, 6.45) is -1.46. The highest BCUT2D eigenvalue weighted by atomic mass is 28.4. The zero-order chi connectivity index (χ0) is 40.9. The largest absolute Gasteiger partial charge is 0.509 e. The molecule has 0 bridgehead atoms. The van der Waals surface area contributed by atoms with Crippen LogP contribution in [0.1, 0.15) is 67.9 Å². The molecule has 0 aliphatic carbocycles. The number of nitrogens with zero attached hydrogens (tertiary/aromatic N) is 5. The molecule has 16 nitrogen and oxygen atoms in total. The van der Waals surface area contributed by atoms with E-state index in [1.165, 1.54) is 38.8 Å². The summed E-state index contributed by atoms with van der Waals surface area (Å²) in [7, 11) is -0.853. The quantitative estimate of drug-likeness (QED) is 0.0491. The van der Waals surface area contributed by atoms with Gasteiger partial charge in [-0.25, -0.2) is 19.7 Å². The van der Waals surface area contributed by atoms with Crippen LogP contribution in [0, 0.1) is 10.1 Å². The van der Waals surface area contributed by atoms with Crippen molar-refractivity contribution in [1.29, 1.82) is 0 Å². The maximum Gasteiger partial charge on any atom is 0.509 e. The first-order chi connectivity index (χ1) is 27.1. The minimum absolute atomic E-state index is 0.0824. The number of hydrogen-bond acceptors (Lipinski definition) is 13. The number of ether oxygens (including phenoxy) is 5. The van der Waals surface area contributed by atoms with Gasteiger partial charge in [0.25, 0.3) is 11.6 Å². The van der Waals surface area contributed by atoms with Crippen molar-refractivity contribution in [1.82, 2.24) is 19.5 Å². The van der Waals surface area contributed by atoms with Gasteiger partial charge in [-0.3, -0.25) is 19.5 Å². The lowest BCUT2D eigenvalue weighted by Gasteiger charge is -2.37. The predicted octanol–water partition coefficient (Wildman–Crippen LogP) is 8.17. The standard InChI is InChI=1S/C40H46N6O10Si/c1-25(28-18-30(51-5)31(19-29(28)46(49)50)52-21-26-14-10-8-11-15-26)54-39(48)56-32-20-34(55-33(32)22-53-57(6,7)40(2,3)4)45-24-43-35-36(41-23-42-37(35)45)44-38(47)27-16-12-9-13-17-27/h8-19,23-25,32-34H,20-22H2,1-7H3,(H,41,42,44,47)/t25-,32+,33-,34-/m1/s1. The number of carbonyl (C=O) groups is 2. The number of nitrogens with one attached hydrogen (secondary N) is 1. The number of imidazole rings is 1. The Balaban J connectivity index is 1.20. The summed E-state index contributed by atoms with van der Waals surface area (Å²) >= 11 is 0. The zero-order valence-electron chi connectivity index (χ0n) is 32.8. The van der Waals surface area contributed by atoms with Gasteiger partial charge in [-0.05, 0) is 48.8 Å². The minimum Gasteiger partial charge on any atom is -0.493 e. The van der Waals surface area contributed by atoms with Gasteiger partial charge in [0, 0.05) is 12.0 Å². The molecule has 3 heterocycles. The van der Waals surface area contributed by atoms with Gasteiger partial charge in [0.05, 0.1) is 36.6 Å². The smallest absolute Gasteiger partial charge is 0.493 e. The fourth-order valence-corrected chi connectivity index (χ4v) is 7.01. The van der Waals surface area contributed by atoms with Gasteiger partial charge in [-0.1, -0.05) is 69.3 Å². The average molecular weight is 799 g/mol. The Kier molecular flexibility index (Phi) is 12.2. The number of methoxy groups -OCH3 is 1. The number of aromatic nitrogens is 4. The summed E-state index contributed by atoms with van der Waals surface area (Å²) < 4.78 is 37.6. The molecule has 0 saturated carbocycles. The molecule has 3 aromatic carbocycles. The molecule has 0 radical (unpaired) electrons. The molecule has 1 aliphatic rings. The second-order valence-electron chi connectivity index (χ2n) is 15.1. The highest BCUT2D eigenvalue weighted by Crippen LogP contribution is 2.41. The van der Waals surface area contributed by atoms with Crippen molar-refractivity contribution in [3.05, 3.63) is 112 Å². The van der Waals surface area contributed by atoms with Gasteiger partial charge in [-0.2, -0.15) is 0 Å². The Morgan fingerprint density at radius 2 is 1.74 bits per heavy atom. The van der Waals surface area contributed by atoms with Crippen LogP contribution in [-0.4, -0.2) is 70.7 Å². The molecule has 2 aromatic heterocycles. The third kappa shape index (κ3) is 9.39. The van der Waals surface area contributed by atoms with Crippen LogP contribution in [0.2, 0.25) is 18.1 Å². The van der Waals surface area contributed by atoms with Crippen molar-refractivity contribution in [2.45, 2.75) is 83.4 Å². The van der Waals surface area contributed by atoms with E-state index in [4.69, 9.17) is 28.1 Å². The summed E-state index contributed by atoms with van der Waals surface area (Å²) in [5.74, 6) is 0.246. The normalized spacial score (nSPS) is 17.5. The van der Waals surface area contributed by atoms with Crippen molar-refractivity contribution < 1.29 is 42.6 Å². The first kappa shape index (κ1) is 40.7. The van der Waals surface area contributed by atoms with Crippen molar-refractivity contribution in [3.63, 3.8) is 0 Å². The highest BCUT2D eigenvalue weighted by Gasteiger charge is 2.44. The van der Waals surface area contributed by atoms with Crippen molar-refractivity contribution >= 4 is 43.0 Å². The third-order valence-corrected chi connectivity index (χ3v) is 14.7. The number of fused-ring (bicyclic) bond motifs is 1. The molecular weight excluding hydrogens is 753 g/mol. The van der Waals surface area contributed by atoms with Crippen LogP contribution in [-0.2, 0) is 25.2 Å². The van der Waals surface area contributed by atoms with Crippen molar-refractivity contribution in [2.24, 2.45) is 0 Å². The maximum atomic E-state index is 13.5. The second kappa shape index (κ2) is 17.1. The van der Waals surface area contributed by atoms with Gasteiger partial charge in [0.15, 0.2) is 36.8 Å². The summed E-state index contributed by atoms with van der Waals surface area (Å²) in [4.78, 5) is 51.2. The Hall–Kier alpha value is -5.91. The molecule has 1 N–H and O–H groups in total. The molecule has 4 atom stereocenters. The molecule has 57 heavy (non-hydrogen) atoms. The number of nitro groups is 1. The van der Waals surface area contributed by atoms with E-state index in [1.54, 1.807) is 28.8 Å². The lowest BCUT2D eigenvalue weighted by molar-refractivity contribution is -0.386. The van der Waals surface area contributed by atoms with Gasteiger partial charge in [0.1, 0.15) is 37.5 Å². The molecule has 1 amide bonds. The molecule has 1 fully saturated rings. The molecule has 6 rings (SSSR count). The third-order valence-electron chi connectivity index (χ3n) is 10.2. The van der Waals surface area contributed by atoms with Crippen molar-refractivity contribution in [3.8, 4) is 11.5 Å². The lowest BCUT2D eigenvalue weighted by atomic mass is 10.1. The van der Waals surface area contributed by atoms with Gasteiger partial charge in [0.2, 0.25) is 0 Å². The Bertz CT molecular complexity index is 2210. The van der Waals surface area contributed by atoms with E-state index >= 15 is 0 Å². The summed E-state index contributed by atoms with van der Waals surface area (Å²) in [5, 5.41) is 14.9. The van der Waals surface area contributed by atoms with Gasteiger partial charge >= 0.3 is 6.16 Å². The fraction of sp³-hybridized carbons (Fsp3) is 0.375. The van der Waals surface area contributed by atoms with Gasteiger partial charge in [-0.15, -0.1) is 0 Å². The number of carbonyl (C=O) groups excluding carboxylic acids is 2. The van der Waals surface area contributed by atoms with E-state index < -0.39 is 43.9 Å². The first-order valence-electron chi connectivity index (χ1n) is 18.4. The number of rotatable bonds is 14. The molecule has 1 aliphatic heterocycles. The number of amides is 1. The SMILES string of the molecule is COc1cc([C@@H](C)OC(=O)O[C@H]2C[C@H](n3cnc4c(NC(=O)c5ccccc5)ncnc43)O[C@@H]2CO[Si](C)(C)C(C)(C)C)c([N+](=O)[O-])cc1OCc1ccccc1. The maximum absolute atomic E-state index is 13.5. The van der Waals surface area contributed by atoms with E-state index in [-0.39, 0.29) is 59.1 Å². The summed E-state index contributed by atoms with van der Waals surface area (Å²) in [5.41, 5.74) is 1.80. The Morgan fingerprint density at radius 3 is 2.40 bits per heavy atom. The second-order valence-corrected chi connectivity index (χ2v) is 19.9.